The third-order valence-corrected chi connectivity index (χ3v) is 9.88. The number of ketones is 1. The number of hydrogen-bond donors (Lipinski definition) is 1. The van der Waals surface area contributed by atoms with Crippen molar-refractivity contribution in [3.8, 4) is 0 Å². The number of hydrogen-bond acceptors (Lipinski definition) is 2. The minimum Gasteiger partial charge on any atom is -0.481 e. The summed E-state index contributed by atoms with van der Waals surface area (Å²) in [4.78, 5) is 24.2. The summed E-state index contributed by atoms with van der Waals surface area (Å²) in [5.41, 5.74) is 0.618. The zero-order valence-corrected chi connectivity index (χ0v) is 17.5. The van der Waals surface area contributed by atoms with Crippen molar-refractivity contribution in [2.24, 2.45) is 46.3 Å². The smallest absolute Gasteiger partial charge is 0.303 e. The van der Waals surface area contributed by atoms with Crippen LogP contribution in [-0.2, 0) is 9.59 Å². The molecule has 0 heterocycles. The van der Waals surface area contributed by atoms with Gasteiger partial charge in [0, 0.05) is 18.8 Å². The van der Waals surface area contributed by atoms with Crippen molar-refractivity contribution in [1.82, 2.24) is 0 Å². The molecule has 3 heteroatoms. The van der Waals surface area contributed by atoms with Crippen LogP contribution in [0.5, 0.6) is 0 Å². The molecule has 152 valence electrons. The maximum atomic E-state index is 13.1. The van der Waals surface area contributed by atoms with Gasteiger partial charge in [-0.05, 0) is 85.4 Å². The van der Waals surface area contributed by atoms with Gasteiger partial charge in [-0.15, -0.1) is 0 Å². The van der Waals surface area contributed by atoms with E-state index in [0.29, 0.717) is 23.5 Å². The minimum atomic E-state index is -0.735. The molecular weight excluding hydrogens is 336 g/mol. The summed E-state index contributed by atoms with van der Waals surface area (Å²) in [6, 6.07) is 0. The SMILES string of the molecule is C[C@H](CCC(=O)O)[C@H]1C(=O)C[C@H]2[C@@H]3CCC4CCCC[C@]4(C)[C@H]3CC[C@]12C. The molecule has 0 amide bonds. The summed E-state index contributed by atoms with van der Waals surface area (Å²) < 4.78 is 0. The molecule has 0 spiro atoms. The molecule has 1 unspecified atom stereocenters. The number of carboxylic acid groups (broad SMARTS) is 1. The molecule has 8 atom stereocenters. The van der Waals surface area contributed by atoms with Crippen molar-refractivity contribution in [3.63, 3.8) is 0 Å². The van der Waals surface area contributed by atoms with E-state index in [1.807, 2.05) is 0 Å². The lowest BCUT2D eigenvalue weighted by atomic mass is 9.44. The minimum absolute atomic E-state index is 0.0830. The number of carbonyl (C=O) groups excluding carboxylic acids is 1. The second-order valence-corrected chi connectivity index (χ2v) is 11.0. The van der Waals surface area contributed by atoms with Gasteiger partial charge in [-0.1, -0.05) is 33.6 Å². The molecule has 4 rings (SSSR count). The lowest BCUT2D eigenvalue weighted by molar-refractivity contribution is -0.138. The molecule has 4 saturated carbocycles. The fourth-order valence-corrected chi connectivity index (χ4v) is 8.61. The second-order valence-electron chi connectivity index (χ2n) is 11.0. The molecule has 0 bridgehead atoms. The second kappa shape index (κ2) is 6.88. The van der Waals surface area contributed by atoms with Crippen LogP contribution in [0.3, 0.4) is 0 Å². The van der Waals surface area contributed by atoms with Gasteiger partial charge in [0.25, 0.3) is 0 Å². The molecule has 3 nitrogen and oxygen atoms in total. The Kier molecular flexibility index (Phi) is 4.96. The zero-order chi connectivity index (χ0) is 19.4. The van der Waals surface area contributed by atoms with E-state index in [9.17, 15) is 9.59 Å². The Bertz CT molecular complexity index is 613. The Morgan fingerprint density at radius 2 is 1.85 bits per heavy atom. The molecular formula is C24H38O3. The largest absolute Gasteiger partial charge is 0.481 e. The molecule has 0 aromatic heterocycles. The van der Waals surface area contributed by atoms with Gasteiger partial charge in [0.2, 0.25) is 0 Å². The van der Waals surface area contributed by atoms with Crippen molar-refractivity contribution in [3.05, 3.63) is 0 Å². The quantitative estimate of drug-likeness (QED) is 0.685. The maximum absolute atomic E-state index is 13.1. The van der Waals surface area contributed by atoms with Crippen LogP contribution in [0.1, 0.15) is 91.4 Å². The molecule has 4 aliphatic carbocycles. The van der Waals surface area contributed by atoms with Gasteiger partial charge in [0.1, 0.15) is 5.78 Å². The molecule has 4 fully saturated rings. The predicted molar refractivity (Wildman–Crippen MR) is 106 cm³/mol. The van der Waals surface area contributed by atoms with Crippen LogP contribution in [0.15, 0.2) is 0 Å². The van der Waals surface area contributed by atoms with E-state index in [4.69, 9.17) is 5.11 Å². The first-order valence-corrected chi connectivity index (χ1v) is 11.5. The van der Waals surface area contributed by atoms with Crippen molar-refractivity contribution >= 4 is 11.8 Å². The molecule has 1 N–H and O–H groups in total. The van der Waals surface area contributed by atoms with E-state index >= 15 is 0 Å². The highest BCUT2D eigenvalue weighted by Gasteiger charge is 2.62. The number of carbonyl (C=O) groups is 2. The van der Waals surface area contributed by atoms with E-state index in [-0.39, 0.29) is 23.7 Å². The molecule has 27 heavy (non-hydrogen) atoms. The maximum Gasteiger partial charge on any atom is 0.303 e. The Hall–Kier alpha value is -0.860. The summed E-state index contributed by atoms with van der Waals surface area (Å²) in [5, 5.41) is 9.08. The van der Waals surface area contributed by atoms with Gasteiger partial charge < -0.3 is 5.11 Å². The predicted octanol–water partition coefficient (Wildman–Crippen LogP) is 5.72. The van der Waals surface area contributed by atoms with Crippen molar-refractivity contribution in [1.29, 1.82) is 0 Å². The van der Waals surface area contributed by atoms with Crippen LogP contribution >= 0.6 is 0 Å². The highest BCUT2D eigenvalue weighted by Crippen LogP contribution is 2.67. The number of fused-ring (bicyclic) bond motifs is 5. The van der Waals surface area contributed by atoms with Crippen LogP contribution in [0.4, 0.5) is 0 Å². The fraction of sp³-hybridized carbons (Fsp3) is 0.917. The number of carboxylic acids is 1. The van der Waals surface area contributed by atoms with E-state index < -0.39 is 5.97 Å². The zero-order valence-electron chi connectivity index (χ0n) is 17.5. The van der Waals surface area contributed by atoms with Gasteiger partial charge >= 0.3 is 5.97 Å². The first-order chi connectivity index (χ1) is 12.8. The fourth-order valence-electron chi connectivity index (χ4n) is 8.61. The molecule has 0 aliphatic heterocycles. The van der Waals surface area contributed by atoms with Crippen molar-refractivity contribution in [2.75, 3.05) is 0 Å². The molecule has 0 radical (unpaired) electrons. The Labute approximate surface area is 164 Å². The van der Waals surface area contributed by atoms with Crippen molar-refractivity contribution < 1.29 is 14.7 Å². The van der Waals surface area contributed by atoms with Crippen LogP contribution in [0.25, 0.3) is 0 Å². The molecule has 0 saturated heterocycles. The topological polar surface area (TPSA) is 54.4 Å². The van der Waals surface area contributed by atoms with Crippen molar-refractivity contribution in [2.45, 2.75) is 91.4 Å². The Morgan fingerprint density at radius 1 is 1.07 bits per heavy atom. The Morgan fingerprint density at radius 3 is 2.59 bits per heavy atom. The van der Waals surface area contributed by atoms with Gasteiger partial charge in [0.15, 0.2) is 0 Å². The van der Waals surface area contributed by atoms with Gasteiger partial charge in [-0.2, -0.15) is 0 Å². The standard InChI is InChI=1S/C24H38O3/c1-15(7-10-21(26)27)22-20(25)14-19-17-9-8-16-6-4-5-12-23(16,2)18(17)11-13-24(19,22)3/h15-19,22H,4-14H2,1-3H3,(H,26,27)/t15-,16?,17-,18+,19+,22+,23+,24+/m1/s1. The number of aliphatic carboxylic acids is 1. The highest BCUT2D eigenvalue weighted by atomic mass is 16.4. The Balaban J connectivity index is 1.57. The van der Waals surface area contributed by atoms with E-state index in [2.05, 4.69) is 20.8 Å². The molecule has 0 aromatic rings. The normalized spacial score (nSPS) is 47.7. The van der Waals surface area contributed by atoms with Gasteiger partial charge in [0.05, 0.1) is 0 Å². The number of rotatable bonds is 4. The summed E-state index contributed by atoms with van der Waals surface area (Å²) in [7, 11) is 0. The van der Waals surface area contributed by atoms with Gasteiger partial charge in [-0.3, -0.25) is 9.59 Å². The highest BCUT2D eigenvalue weighted by molar-refractivity contribution is 5.85. The van der Waals surface area contributed by atoms with Crippen LogP contribution < -0.4 is 0 Å². The van der Waals surface area contributed by atoms with Crippen LogP contribution in [0.2, 0.25) is 0 Å². The lowest BCUT2D eigenvalue weighted by Gasteiger charge is -2.60. The third kappa shape index (κ3) is 2.99. The van der Waals surface area contributed by atoms with E-state index in [1.165, 1.54) is 51.4 Å². The summed E-state index contributed by atoms with van der Waals surface area (Å²) in [5.74, 6) is 2.99. The van der Waals surface area contributed by atoms with Gasteiger partial charge in [-0.25, -0.2) is 0 Å². The molecule has 0 aromatic carbocycles. The monoisotopic (exact) mass is 374 g/mol. The summed E-state index contributed by atoms with van der Waals surface area (Å²) in [6.45, 7) is 7.10. The lowest BCUT2D eigenvalue weighted by Crippen LogP contribution is -2.53. The van der Waals surface area contributed by atoms with E-state index in [1.54, 1.807) is 0 Å². The third-order valence-electron chi connectivity index (χ3n) is 9.88. The number of Topliss-reactive ketones (excluding diaryl/α,β-unsaturated/α-hetero) is 1. The first-order valence-electron chi connectivity index (χ1n) is 11.5. The average Bonchev–Trinajstić information content (AvgIpc) is 2.89. The summed E-state index contributed by atoms with van der Waals surface area (Å²) >= 11 is 0. The van der Waals surface area contributed by atoms with E-state index in [0.717, 1.165) is 24.2 Å². The van der Waals surface area contributed by atoms with Crippen LogP contribution in [-0.4, -0.2) is 16.9 Å². The summed E-state index contributed by atoms with van der Waals surface area (Å²) in [6.07, 6.45) is 12.4. The molecule has 4 aliphatic rings. The first kappa shape index (κ1) is 19.5. The van der Waals surface area contributed by atoms with Crippen LogP contribution in [0, 0.1) is 46.3 Å². The average molecular weight is 375 g/mol.